The molecule has 135 valence electrons. The Morgan fingerprint density at radius 3 is 2.27 bits per heavy atom. The lowest BCUT2D eigenvalue weighted by molar-refractivity contribution is -0.274. The van der Waals surface area contributed by atoms with E-state index in [1.54, 1.807) is 6.07 Å². The zero-order valence-corrected chi connectivity index (χ0v) is 15.2. The lowest BCUT2D eigenvalue weighted by Crippen LogP contribution is -2.17. The summed E-state index contributed by atoms with van der Waals surface area (Å²) in [6.07, 6.45) is -2.36. The Labute approximate surface area is 159 Å². The van der Waals surface area contributed by atoms with Gasteiger partial charge in [0.05, 0.1) is 10.1 Å². The highest BCUT2D eigenvalue weighted by Gasteiger charge is 2.31. The van der Waals surface area contributed by atoms with E-state index in [2.05, 4.69) is 4.74 Å². The van der Waals surface area contributed by atoms with E-state index < -0.39 is 6.36 Å². The van der Waals surface area contributed by atoms with Crippen LogP contribution in [0.3, 0.4) is 0 Å². The number of allylic oxidation sites excluding steroid dienone is 4. The Morgan fingerprint density at radius 2 is 1.62 bits per heavy atom. The fraction of sp³-hybridized carbons (Fsp3) is 0.150. The molecule has 1 aliphatic carbocycles. The Morgan fingerprint density at radius 1 is 0.923 bits per heavy atom. The number of benzene rings is 2. The van der Waals surface area contributed by atoms with E-state index >= 15 is 0 Å². The predicted octanol–water partition coefficient (Wildman–Crippen LogP) is 7.10. The smallest absolute Gasteiger partial charge is 0.406 e. The molecule has 0 aliphatic heterocycles. The molecule has 0 unspecified atom stereocenters. The zero-order valence-electron chi connectivity index (χ0n) is 13.7. The van der Waals surface area contributed by atoms with Crippen molar-refractivity contribution in [3.05, 3.63) is 81.7 Å². The second-order valence-electron chi connectivity index (χ2n) is 5.87. The molecule has 0 saturated heterocycles. The zero-order chi connectivity index (χ0) is 18.9. The Bertz CT molecular complexity index is 881. The van der Waals surface area contributed by atoms with Gasteiger partial charge < -0.3 is 4.74 Å². The monoisotopic (exact) mass is 397 g/mol. The highest BCUT2D eigenvalue weighted by molar-refractivity contribution is 6.48. The van der Waals surface area contributed by atoms with Gasteiger partial charge in [-0.3, -0.25) is 0 Å². The van der Waals surface area contributed by atoms with Gasteiger partial charge in [-0.05, 0) is 54.2 Å². The van der Waals surface area contributed by atoms with Gasteiger partial charge in [0.1, 0.15) is 5.75 Å². The summed E-state index contributed by atoms with van der Waals surface area (Å²) in [6.45, 7) is 1.99. The van der Waals surface area contributed by atoms with Gasteiger partial charge in [-0.15, -0.1) is 13.2 Å². The topological polar surface area (TPSA) is 9.23 Å². The second-order valence-corrected chi connectivity index (χ2v) is 6.63. The maximum absolute atomic E-state index is 12.4. The minimum atomic E-state index is -4.75. The van der Waals surface area contributed by atoms with Crippen molar-refractivity contribution in [1.29, 1.82) is 0 Å². The summed E-state index contributed by atoms with van der Waals surface area (Å²) >= 11 is 12.9. The third-order valence-corrected chi connectivity index (χ3v) is 4.89. The summed E-state index contributed by atoms with van der Waals surface area (Å²) in [4.78, 5) is 0. The average molecular weight is 398 g/mol. The molecule has 2 aromatic rings. The summed E-state index contributed by atoms with van der Waals surface area (Å²) in [5, 5.41) is 0.702. The van der Waals surface area contributed by atoms with Gasteiger partial charge in [0.15, 0.2) is 0 Å². The molecule has 0 aromatic heterocycles. The molecule has 2 aromatic carbocycles. The van der Waals surface area contributed by atoms with Gasteiger partial charge in [-0.1, -0.05) is 65.2 Å². The summed E-state index contributed by atoms with van der Waals surface area (Å²) in [5.41, 5.74) is 4.07. The van der Waals surface area contributed by atoms with E-state index in [-0.39, 0.29) is 5.75 Å². The minimum Gasteiger partial charge on any atom is -0.406 e. The third kappa shape index (κ3) is 4.25. The van der Waals surface area contributed by atoms with Crippen molar-refractivity contribution in [3.63, 3.8) is 0 Å². The molecule has 6 heteroatoms. The largest absolute Gasteiger partial charge is 0.573 e. The molecule has 1 radical (unpaired) electrons. The van der Waals surface area contributed by atoms with E-state index in [1.165, 1.54) is 18.2 Å². The number of aryl methyl sites for hydroxylation is 1. The van der Waals surface area contributed by atoms with Crippen LogP contribution < -0.4 is 4.74 Å². The quantitative estimate of drug-likeness (QED) is 0.536. The van der Waals surface area contributed by atoms with Gasteiger partial charge in [-0.2, -0.15) is 0 Å². The Kier molecular flexibility index (Phi) is 5.35. The molecule has 0 atom stereocenters. The fourth-order valence-electron chi connectivity index (χ4n) is 2.74. The molecule has 0 spiro atoms. The average Bonchev–Trinajstić information content (AvgIpc) is 2.57. The second kappa shape index (κ2) is 7.37. The highest BCUT2D eigenvalue weighted by Crippen LogP contribution is 2.43. The molecular weight excluding hydrogens is 384 g/mol. The van der Waals surface area contributed by atoms with E-state index in [0.717, 1.165) is 16.7 Å². The van der Waals surface area contributed by atoms with Gasteiger partial charge in [0.25, 0.3) is 0 Å². The van der Waals surface area contributed by atoms with E-state index in [4.69, 9.17) is 23.2 Å². The van der Waals surface area contributed by atoms with Crippen LogP contribution >= 0.6 is 23.2 Å². The Balaban J connectivity index is 1.97. The van der Waals surface area contributed by atoms with Crippen molar-refractivity contribution in [2.45, 2.75) is 19.7 Å². The standard InChI is InChI=1S/C20H14Cl2F3O/c1-12-5-7-13(8-6-12)16-9-10-17(19(22)18(16)21)14-3-2-4-15(11-14)26-20(23,24)25/h2-8,10-11H,9H2,1H3. The van der Waals surface area contributed by atoms with Crippen LogP contribution in [-0.4, -0.2) is 6.36 Å². The molecule has 1 aliphatic rings. The fourth-order valence-corrected chi connectivity index (χ4v) is 3.33. The van der Waals surface area contributed by atoms with E-state index in [9.17, 15) is 13.2 Å². The molecule has 0 amide bonds. The van der Waals surface area contributed by atoms with Crippen LogP contribution in [0.4, 0.5) is 13.2 Å². The molecule has 1 nitrogen and oxygen atoms in total. The number of ether oxygens (including phenoxy) is 1. The molecule has 3 rings (SSSR count). The van der Waals surface area contributed by atoms with E-state index in [0.29, 0.717) is 27.6 Å². The van der Waals surface area contributed by atoms with Crippen LogP contribution in [0.5, 0.6) is 5.75 Å². The van der Waals surface area contributed by atoms with Crippen molar-refractivity contribution in [2.75, 3.05) is 0 Å². The molecule has 0 bridgehead atoms. The van der Waals surface area contributed by atoms with Gasteiger partial charge in [-0.25, -0.2) is 0 Å². The van der Waals surface area contributed by atoms with Crippen LogP contribution in [0.2, 0.25) is 0 Å². The van der Waals surface area contributed by atoms with Crippen LogP contribution in [-0.2, 0) is 0 Å². The molecule has 0 N–H and O–H groups in total. The van der Waals surface area contributed by atoms with Gasteiger partial charge >= 0.3 is 6.36 Å². The normalized spacial score (nSPS) is 15.5. The minimum absolute atomic E-state index is 0.301. The molecular formula is C20H14Cl2F3O. The SMILES string of the molecule is Cc1ccc(C2=C(Cl)C(Cl)=C(c3cccc(OC(F)(F)F)c3)[CH]C2)cc1. The van der Waals surface area contributed by atoms with Crippen LogP contribution in [0.25, 0.3) is 11.1 Å². The maximum Gasteiger partial charge on any atom is 0.573 e. The van der Waals surface area contributed by atoms with E-state index in [1.807, 2.05) is 37.6 Å². The van der Waals surface area contributed by atoms with Crippen molar-refractivity contribution < 1.29 is 17.9 Å². The molecule has 0 saturated carbocycles. The first-order chi connectivity index (χ1) is 12.2. The van der Waals surface area contributed by atoms with Crippen molar-refractivity contribution in [3.8, 4) is 5.75 Å². The first kappa shape index (κ1) is 18.9. The van der Waals surface area contributed by atoms with Crippen LogP contribution in [0, 0.1) is 13.3 Å². The van der Waals surface area contributed by atoms with Crippen molar-refractivity contribution >= 4 is 34.3 Å². The highest BCUT2D eigenvalue weighted by atomic mass is 35.5. The van der Waals surface area contributed by atoms with Crippen molar-refractivity contribution in [2.24, 2.45) is 0 Å². The summed E-state index contributed by atoms with van der Waals surface area (Å²) < 4.78 is 41.2. The molecule has 26 heavy (non-hydrogen) atoms. The lowest BCUT2D eigenvalue weighted by atomic mass is 9.89. The number of alkyl halides is 3. The first-order valence-electron chi connectivity index (χ1n) is 7.80. The number of hydrogen-bond acceptors (Lipinski definition) is 1. The van der Waals surface area contributed by atoms with Crippen LogP contribution in [0.1, 0.15) is 23.1 Å². The Hall–Kier alpha value is -1.91. The van der Waals surface area contributed by atoms with Crippen molar-refractivity contribution in [1.82, 2.24) is 0 Å². The summed E-state index contributed by atoms with van der Waals surface area (Å²) in [5.74, 6) is -0.301. The number of hydrogen-bond donors (Lipinski definition) is 0. The maximum atomic E-state index is 12.4. The molecule has 0 heterocycles. The van der Waals surface area contributed by atoms with Crippen LogP contribution in [0.15, 0.2) is 58.6 Å². The third-order valence-electron chi connectivity index (χ3n) is 3.98. The lowest BCUT2D eigenvalue weighted by Gasteiger charge is -2.21. The van der Waals surface area contributed by atoms with Gasteiger partial charge in [0, 0.05) is 0 Å². The predicted molar refractivity (Wildman–Crippen MR) is 98.8 cm³/mol. The summed E-state index contributed by atoms with van der Waals surface area (Å²) in [6, 6.07) is 13.6. The van der Waals surface area contributed by atoms with Gasteiger partial charge in [0.2, 0.25) is 0 Å². The first-order valence-corrected chi connectivity index (χ1v) is 8.55. The number of halogens is 5. The number of rotatable bonds is 3. The summed E-state index contributed by atoms with van der Waals surface area (Å²) in [7, 11) is 0. The molecule has 0 fully saturated rings.